The molecule has 1 aliphatic heterocycles. The van der Waals surface area contributed by atoms with E-state index in [9.17, 15) is 4.79 Å². The maximum atomic E-state index is 12.7. The van der Waals surface area contributed by atoms with Crippen LogP contribution in [0.25, 0.3) is 21.3 Å². The Labute approximate surface area is 175 Å². The zero-order chi connectivity index (χ0) is 19.6. The van der Waals surface area contributed by atoms with Crippen molar-refractivity contribution in [3.63, 3.8) is 0 Å². The summed E-state index contributed by atoms with van der Waals surface area (Å²) in [5, 5.41) is 3.31. The first-order chi connectivity index (χ1) is 14.3. The maximum Gasteiger partial charge on any atom is 0.222 e. The van der Waals surface area contributed by atoms with Crippen molar-refractivity contribution in [2.45, 2.75) is 32.1 Å². The van der Waals surface area contributed by atoms with Gasteiger partial charge < -0.3 is 9.80 Å². The van der Waals surface area contributed by atoms with E-state index in [1.807, 2.05) is 6.07 Å². The second-order valence-electron chi connectivity index (χ2n) is 8.12. The number of piperazine rings is 1. The van der Waals surface area contributed by atoms with Gasteiger partial charge in [-0.25, -0.2) is 9.97 Å². The Hall–Kier alpha value is -2.47. The second kappa shape index (κ2) is 8.11. The molecule has 5 nitrogen and oxygen atoms in total. The fourth-order valence-electron chi connectivity index (χ4n) is 4.69. The molecule has 0 bridgehead atoms. The Morgan fingerprint density at radius 3 is 2.55 bits per heavy atom. The highest BCUT2D eigenvalue weighted by Gasteiger charge is 2.27. The van der Waals surface area contributed by atoms with Crippen molar-refractivity contribution in [1.82, 2.24) is 14.9 Å². The topological polar surface area (TPSA) is 49.3 Å². The number of rotatable bonds is 4. The molecule has 0 N–H and O–H groups in total. The average molecular weight is 407 g/mol. The van der Waals surface area contributed by atoms with Crippen LogP contribution in [-0.2, 0) is 4.79 Å². The largest absolute Gasteiger partial charge is 0.352 e. The lowest BCUT2D eigenvalue weighted by atomic mass is 10.0. The summed E-state index contributed by atoms with van der Waals surface area (Å²) in [7, 11) is 0. The summed E-state index contributed by atoms with van der Waals surface area (Å²) in [6, 6.07) is 10.4. The van der Waals surface area contributed by atoms with Crippen LogP contribution in [0.15, 0.2) is 42.0 Å². The standard InChI is InChI=1S/C23H26N4OS/c28-20(14-17-6-4-5-7-17)26-10-12-27(13-11-26)22-21-19(18-8-2-1-3-9-18)15-29-23(21)25-16-24-22/h1-3,8-9,15-17H,4-7,10-14H2. The van der Waals surface area contributed by atoms with Gasteiger partial charge in [-0.1, -0.05) is 43.2 Å². The predicted molar refractivity (Wildman–Crippen MR) is 118 cm³/mol. The third-order valence-corrected chi connectivity index (χ3v) is 7.19. The van der Waals surface area contributed by atoms with E-state index in [1.54, 1.807) is 17.7 Å². The molecular weight excluding hydrogens is 380 g/mol. The molecule has 1 saturated carbocycles. The number of thiophene rings is 1. The lowest BCUT2D eigenvalue weighted by molar-refractivity contribution is -0.132. The molecule has 2 aromatic heterocycles. The molecule has 3 heterocycles. The summed E-state index contributed by atoms with van der Waals surface area (Å²) in [4.78, 5) is 27.2. The Kier molecular flexibility index (Phi) is 5.19. The smallest absolute Gasteiger partial charge is 0.222 e. The predicted octanol–water partition coefficient (Wildman–Crippen LogP) is 4.59. The Bertz CT molecular complexity index is 989. The quantitative estimate of drug-likeness (QED) is 0.636. The first kappa shape index (κ1) is 18.6. The summed E-state index contributed by atoms with van der Waals surface area (Å²) in [5.41, 5.74) is 2.39. The minimum absolute atomic E-state index is 0.338. The molecule has 1 saturated heterocycles. The van der Waals surface area contributed by atoms with E-state index >= 15 is 0 Å². The van der Waals surface area contributed by atoms with Crippen LogP contribution in [0.2, 0.25) is 0 Å². The zero-order valence-electron chi connectivity index (χ0n) is 16.6. The molecule has 29 heavy (non-hydrogen) atoms. The molecular formula is C23H26N4OS. The number of carbonyl (C=O) groups is 1. The number of amides is 1. The van der Waals surface area contributed by atoms with Crippen LogP contribution in [0.1, 0.15) is 32.1 Å². The lowest BCUT2D eigenvalue weighted by Crippen LogP contribution is -2.49. The average Bonchev–Trinajstić information content (AvgIpc) is 3.44. The highest BCUT2D eigenvalue weighted by molar-refractivity contribution is 7.17. The third kappa shape index (κ3) is 3.73. The number of anilines is 1. The normalized spacial score (nSPS) is 17.9. The number of carbonyl (C=O) groups excluding carboxylic acids is 1. The molecule has 1 aliphatic carbocycles. The monoisotopic (exact) mass is 406 g/mol. The van der Waals surface area contributed by atoms with Crippen molar-refractivity contribution in [3.05, 3.63) is 42.0 Å². The molecule has 0 spiro atoms. The van der Waals surface area contributed by atoms with Crippen LogP contribution < -0.4 is 4.90 Å². The van der Waals surface area contributed by atoms with Crippen LogP contribution in [-0.4, -0.2) is 47.0 Å². The molecule has 2 aliphatic rings. The molecule has 6 heteroatoms. The van der Waals surface area contributed by atoms with Crippen LogP contribution in [0, 0.1) is 5.92 Å². The van der Waals surface area contributed by atoms with E-state index in [-0.39, 0.29) is 0 Å². The van der Waals surface area contributed by atoms with Gasteiger partial charge in [0, 0.05) is 43.5 Å². The SMILES string of the molecule is O=C(CC1CCCC1)N1CCN(c2ncnc3scc(-c4ccccc4)c23)CC1. The minimum Gasteiger partial charge on any atom is -0.352 e. The van der Waals surface area contributed by atoms with Gasteiger partial charge in [0.2, 0.25) is 5.91 Å². The summed E-state index contributed by atoms with van der Waals surface area (Å²) in [5.74, 6) is 1.95. The number of aromatic nitrogens is 2. The molecule has 1 amide bonds. The molecule has 2 fully saturated rings. The molecule has 0 radical (unpaired) electrons. The Balaban J connectivity index is 1.34. The number of hydrogen-bond acceptors (Lipinski definition) is 5. The van der Waals surface area contributed by atoms with Crippen LogP contribution >= 0.6 is 11.3 Å². The van der Waals surface area contributed by atoms with E-state index in [1.165, 1.54) is 36.8 Å². The van der Waals surface area contributed by atoms with Gasteiger partial charge in [-0.15, -0.1) is 11.3 Å². The van der Waals surface area contributed by atoms with E-state index in [4.69, 9.17) is 0 Å². The summed E-state index contributed by atoms with van der Waals surface area (Å²) in [6.07, 6.45) is 7.44. The number of nitrogens with zero attached hydrogens (tertiary/aromatic N) is 4. The molecule has 0 atom stereocenters. The van der Waals surface area contributed by atoms with Gasteiger partial charge >= 0.3 is 0 Å². The van der Waals surface area contributed by atoms with Crippen molar-refractivity contribution in [2.24, 2.45) is 5.92 Å². The molecule has 150 valence electrons. The molecule has 0 unspecified atom stereocenters. The van der Waals surface area contributed by atoms with Crippen molar-refractivity contribution < 1.29 is 4.79 Å². The van der Waals surface area contributed by atoms with Crippen LogP contribution in [0.5, 0.6) is 0 Å². The van der Waals surface area contributed by atoms with Gasteiger partial charge in [0.25, 0.3) is 0 Å². The van der Waals surface area contributed by atoms with E-state index in [0.29, 0.717) is 11.8 Å². The minimum atomic E-state index is 0.338. The number of benzene rings is 1. The third-order valence-electron chi connectivity index (χ3n) is 6.30. The van der Waals surface area contributed by atoms with Crippen LogP contribution in [0.3, 0.4) is 0 Å². The number of fused-ring (bicyclic) bond motifs is 1. The Morgan fingerprint density at radius 2 is 1.79 bits per heavy atom. The summed E-state index contributed by atoms with van der Waals surface area (Å²) >= 11 is 1.67. The fraction of sp³-hybridized carbons (Fsp3) is 0.435. The van der Waals surface area contributed by atoms with Crippen molar-refractivity contribution in [3.8, 4) is 11.1 Å². The van der Waals surface area contributed by atoms with Gasteiger partial charge in [-0.3, -0.25) is 4.79 Å². The van der Waals surface area contributed by atoms with Gasteiger partial charge in [0.15, 0.2) is 0 Å². The van der Waals surface area contributed by atoms with Gasteiger partial charge in [-0.05, 0) is 24.3 Å². The molecule has 5 rings (SSSR count). The maximum absolute atomic E-state index is 12.7. The second-order valence-corrected chi connectivity index (χ2v) is 8.97. The van der Waals surface area contributed by atoms with E-state index in [0.717, 1.165) is 48.6 Å². The highest BCUT2D eigenvalue weighted by atomic mass is 32.1. The molecule has 1 aromatic carbocycles. The molecule has 3 aromatic rings. The Morgan fingerprint density at radius 1 is 1.03 bits per heavy atom. The van der Waals surface area contributed by atoms with Crippen LogP contribution in [0.4, 0.5) is 5.82 Å². The first-order valence-corrected chi connectivity index (χ1v) is 11.5. The van der Waals surface area contributed by atoms with Gasteiger partial charge in [-0.2, -0.15) is 0 Å². The fourth-order valence-corrected chi connectivity index (χ4v) is 5.60. The zero-order valence-corrected chi connectivity index (χ0v) is 17.4. The van der Waals surface area contributed by atoms with Crippen molar-refractivity contribution >= 4 is 33.3 Å². The van der Waals surface area contributed by atoms with E-state index < -0.39 is 0 Å². The first-order valence-electron chi connectivity index (χ1n) is 10.6. The highest BCUT2D eigenvalue weighted by Crippen LogP contribution is 2.38. The summed E-state index contributed by atoms with van der Waals surface area (Å²) in [6.45, 7) is 3.21. The van der Waals surface area contributed by atoms with Crippen molar-refractivity contribution in [1.29, 1.82) is 0 Å². The number of hydrogen-bond donors (Lipinski definition) is 0. The van der Waals surface area contributed by atoms with Gasteiger partial charge in [0.05, 0.1) is 5.39 Å². The van der Waals surface area contributed by atoms with Crippen molar-refractivity contribution in [2.75, 3.05) is 31.1 Å². The van der Waals surface area contributed by atoms with Gasteiger partial charge in [0.1, 0.15) is 17.0 Å². The van der Waals surface area contributed by atoms with E-state index in [2.05, 4.69) is 49.4 Å². The summed E-state index contributed by atoms with van der Waals surface area (Å²) < 4.78 is 0. The lowest BCUT2D eigenvalue weighted by Gasteiger charge is -2.36.